The fourth-order valence-corrected chi connectivity index (χ4v) is 1.74. The topological polar surface area (TPSA) is 72.8 Å². The van der Waals surface area contributed by atoms with Crippen LogP contribution in [0.15, 0.2) is 0 Å². The Morgan fingerprint density at radius 1 is 1.39 bits per heavy atom. The zero-order valence-electron chi connectivity index (χ0n) is 11.4. The Balaban J connectivity index is 0. The zero-order chi connectivity index (χ0) is 13.5. The number of carboxylic acid groups (broad SMARTS) is 1. The Morgan fingerprint density at radius 2 is 1.94 bits per heavy atom. The van der Waals surface area contributed by atoms with E-state index in [0.29, 0.717) is 0 Å². The van der Waals surface area contributed by atoms with Crippen molar-refractivity contribution >= 4 is 35.5 Å². The molecule has 0 aromatic rings. The van der Waals surface area contributed by atoms with E-state index in [0.717, 1.165) is 30.9 Å². The van der Waals surface area contributed by atoms with Gasteiger partial charge < -0.3 is 15.6 Å². The van der Waals surface area contributed by atoms with Crippen molar-refractivity contribution < 1.29 is 15.1 Å². The molecule has 0 aromatic heterocycles. The van der Waals surface area contributed by atoms with Crippen molar-refractivity contribution in [3.8, 4) is 0 Å². The van der Waals surface area contributed by atoms with Crippen molar-refractivity contribution in [3.05, 3.63) is 0 Å². The van der Waals surface area contributed by atoms with E-state index >= 15 is 0 Å². The fraction of sp³-hybridized carbons (Fsp3) is 0.917. The van der Waals surface area contributed by atoms with Crippen molar-refractivity contribution in [3.63, 3.8) is 0 Å². The molecule has 0 rings (SSSR count). The molecule has 6 heteroatoms. The molecular weight excluding hydrogens is 243 g/mol. The standard InChI is InChI=1S/C12H26N2O3.Na.H/c1-5-7-8-9-13-10(3)12(4,11(15)16)14(17)6-2;;/h10,13,17H,5-9H2,1-4H3,(H,15,16);;. The quantitative estimate of drug-likeness (QED) is 0.332. The second kappa shape index (κ2) is 10.2. The number of nitrogens with one attached hydrogen (secondary N) is 1. The summed E-state index contributed by atoms with van der Waals surface area (Å²) in [5, 5.41) is 23.1. The summed E-state index contributed by atoms with van der Waals surface area (Å²) in [5.74, 6) is -1.02. The van der Waals surface area contributed by atoms with E-state index in [9.17, 15) is 15.1 Å². The van der Waals surface area contributed by atoms with Crippen LogP contribution in [0.1, 0.15) is 47.0 Å². The summed E-state index contributed by atoms with van der Waals surface area (Å²) in [4.78, 5) is 11.3. The van der Waals surface area contributed by atoms with Crippen LogP contribution >= 0.6 is 0 Å². The van der Waals surface area contributed by atoms with Gasteiger partial charge in [0.25, 0.3) is 0 Å². The third-order valence-corrected chi connectivity index (χ3v) is 3.34. The first kappa shape index (κ1) is 20.7. The summed E-state index contributed by atoms with van der Waals surface area (Å²) in [7, 11) is 0. The molecule has 0 aliphatic heterocycles. The van der Waals surface area contributed by atoms with Gasteiger partial charge in [-0.1, -0.05) is 26.7 Å². The molecule has 0 bridgehead atoms. The maximum atomic E-state index is 11.3. The van der Waals surface area contributed by atoms with Crippen molar-refractivity contribution in [2.75, 3.05) is 13.1 Å². The predicted octanol–water partition coefficient (Wildman–Crippen LogP) is 1.06. The molecule has 0 heterocycles. The third-order valence-electron chi connectivity index (χ3n) is 3.34. The van der Waals surface area contributed by atoms with E-state index in [1.807, 2.05) is 0 Å². The van der Waals surface area contributed by atoms with Crippen LogP contribution in [-0.2, 0) is 4.79 Å². The Labute approximate surface area is 132 Å². The molecule has 0 aliphatic carbocycles. The molecule has 0 saturated carbocycles. The Morgan fingerprint density at radius 3 is 2.33 bits per heavy atom. The molecule has 18 heavy (non-hydrogen) atoms. The van der Waals surface area contributed by atoms with Gasteiger partial charge in [-0.2, -0.15) is 5.06 Å². The number of carbonyl (C=O) groups is 1. The number of hydrogen-bond donors (Lipinski definition) is 3. The molecule has 0 radical (unpaired) electrons. The summed E-state index contributed by atoms with van der Waals surface area (Å²) < 4.78 is 0. The number of hydroxylamine groups is 2. The zero-order valence-corrected chi connectivity index (χ0v) is 11.4. The monoisotopic (exact) mass is 270 g/mol. The normalized spacial score (nSPS) is 15.9. The van der Waals surface area contributed by atoms with Crippen molar-refractivity contribution in [2.24, 2.45) is 0 Å². The van der Waals surface area contributed by atoms with E-state index < -0.39 is 11.5 Å². The molecule has 0 saturated heterocycles. The van der Waals surface area contributed by atoms with Gasteiger partial charge in [0, 0.05) is 12.6 Å². The van der Waals surface area contributed by atoms with Crippen LogP contribution in [0.5, 0.6) is 0 Å². The predicted molar refractivity (Wildman–Crippen MR) is 74.3 cm³/mol. The molecular formula is C12H27N2NaO3. The average Bonchev–Trinajstić information content (AvgIpc) is 2.31. The van der Waals surface area contributed by atoms with Gasteiger partial charge in [0.1, 0.15) is 0 Å². The number of likely N-dealkylation sites (N-methyl/N-ethyl adjacent to an activating group) is 1. The van der Waals surface area contributed by atoms with Gasteiger partial charge in [0.2, 0.25) is 0 Å². The number of unbranched alkanes of at least 4 members (excludes halogenated alkanes) is 2. The maximum absolute atomic E-state index is 11.3. The van der Waals surface area contributed by atoms with Gasteiger partial charge in [-0.25, -0.2) is 0 Å². The van der Waals surface area contributed by atoms with E-state index in [2.05, 4.69) is 12.2 Å². The number of nitrogens with zero attached hydrogens (tertiary/aromatic N) is 1. The Bertz CT molecular complexity index is 241. The van der Waals surface area contributed by atoms with Gasteiger partial charge in [-0.3, -0.25) is 4.79 Å². The molecule has 0 amide bonds. The van der Waals surface area contributed by atoms with Crippen molar-refractivity contribution in [1.82, 2.24) is 10.4 Å². The van der Waals surface area contributed by atoms with Crippen LogP contribution in [0.2, 0.25) is 0 Å². The SMILES string of the molecule is CCCCCNC(C)C(C)(C(=O)O)N(O)CC.[NaH]. The first-order chi connectivity index (χ1) is 7.91. The number of rotatable bonds is 9. The van der Waals surface area contributed by atoms with Gasteiger partial charge in [-0.05, 0) is 26.8 Å². The van der Waals surface area contributed by atoms with Crippen LogP contribution < -0.4 is 5.32 Å². The molecule has 0 aromatic carbocycles. The van der Waals surface area contributed by atoms with E-state index in [1.54, 1.807) is 13.8 Å². The number of carboxylic acids is 1. The van der Waals surface area contributed by atoms with Crippen LogP contribution in [0.4, 0.5) is 0 Å². The number of aliphatic carboxylic acids is 1. The summed E-state index contributed by atoms with van der Waals surface area (Å²) in [6.45, 7) is 8.23. The first-order valence-corrected chi connectivity index (χ1v) is 6.34. The summed E-state index contributed by atoms with van der Waals surface area (Å²) in [6, 6.07) is -0.318. The van der Waals surface area contributed by atoms with E-state index in [-0.39, 0.29) is 42.1 Å². The van der Waals surface area contributed by atoms with Gasteiger partial charge in [-0.15, -0.1) is 0 Å². The molecule has 3 N–H and O–H groups in total. The Kier molecular flexibility index (Phi) is 11.7. The van der Waals surface area contributed by atoms with E-state index in [1.165, 1.54) is 6.92 Å². The third kappa shape index (κ3) is 5.55. The molecule has 2 atom stereocenters. The van der Waals surface area contributed by atoms with Crippen LogP contribution in [0.25, 0.3) is 0 Å². The average molecular weight is 270 g/mol. The molecule has 5 nitrogen and oxygen atoms in total. The minimum atomic E-state index is -1.29. The minimum absolute atomic E-state index is 0. The molecule has 0 fully saturated rings. The van der Waals surface area contributed by atoms with Crippen LogP contribution in [-0.4, -0.2) is 75.6 Å². The van der Waals surface area contributed by atoms with Gasteiger partial charge in [0.05, 0.1) is 0 Å². The molecule has 104 valence electrons. The summed E-state index contributed by atoms with van der Waals surface area (Å²) in [5.41, 5.74) is -1.29. The van der Waals surface area contributed by atoms with Crippen molar-refractivity contribution in [1.29, 1.82) is 0 Å². The first-order valence-electron chi connectivity index (χ1n) is 6.34. The summed E-state index contributed by atoms with van der Waals surface area (Å²) in [6.07, 6.45) is 3.28. The Hall–Kier alpha value is 0.350. The molecule has 0 spiro atoms. The van der Waals surface area contributed by atoms with E-state index in [4.69, 9.17) is 0 Å². The number of hydrogen-bond acceptors (Lipinski definition) is 4. The van der Waals surface area contributed by atoms with Crippen LogP contribution in [0, 0.1) is 0 Å². The second-order valence-electron chi connectivity index (χ2n) is 4.55. The molecule has 2 unspecified atom stereocenters. The van der Waals surface area contributed by atoms with Gasteiger partial charge in [0.15, 0.2) is 5.54 Å². The molecule has 0 aliphatic rings. The van der Waals surface area contributed by atoms with Crippen molar-refractivity contribution in [2.45, 2.75) is 58.5 Å². The summed E-state index contributed by atoms with van der Waals surface area (Å²) >= 11 is 0. The second-order valence-corrected chi connectivity index (χ2v) is 4.55. The fourth-order valence-electron chi connectivity index (χ4n) is 1.74. The van der Waals surface area contributed by atoms with Crippen LogP contribution in [0.3, 0.4) is 0 Å². The van der Waals surface area contributed by atoms with Gasteiger partial charge >= 0.3 is 35.5 Å².